The lowest BCUT2D eigenvalue weighted by atomic mass is 10.1. The Balaban J connectivity index is 2.10. The molecule has 0 radical (unpaired) electrons. The first kappa shape index (κ1) is 15.6. The summed E-state index contributed by atoms with van der Waals surface area (Å²) in [6.45, 7) is 9.05. The van der Waals surface area contributed by atoms with Gasteiger partial charge in [-0.05, 0) is 32.0 Å². The number of benzene rings is 1. The SMILES string of the molecule is CCCN1CCN(C(=O)c2c(N)cccc2OCC)CC1. The number of nitrogens with zero attached hydrogens (tertiary/aromatic N) is 2. The largest absolute Gasteiger partial charge is 0.493 e. The van der Waals surface area contributed by atoms with Crippen molar-refractivity contribution in [1.29, 1.82) is 0 Å². The van der Waals surface area contributed by atoms with E-state index in [0.717, 1.165) is 39.1 Å². The van der Waals surface area contributed by atoms with Gasteiger partial charge in [0.05, 0.1) is 6.61 Å². The van der Waals surface area contributed by atoms with Gasteiger partial charge in [-0.25, -0.2) is 0 Å². The fourth-order valence-corrected chi connectivity index (χ4v) is 2.70. The quantitative estimate of drug-likeness (QED) is 0.841. The first-order valence-electron chi connectivity index (χ1n) is 7.70. The second kappa shape index (κ2) is 7.31. The number of nitrogen functional groups attached to an aromatic ring is 1. The van der Waals surface area contributed by atoms with Crippen LogP contribution in [-0.2, 0) is 0 Å². The van der Waals surface area contributed by atoms with Crippen LogP contribution in [0, 0.1) is 0 Å². The number of anilines is 1. The summed E-state index contributed by atoms with van der Waals surface area (Å²) in [6, 6.07) is 5.37. The van der Waals surface area contributed by atoms with Crippen LogP contribution in [0.4, 0.5) is 5.69 Å². The van der Waals surface area contributed by atoms with Gasteiger partial charge in [-0.3, -0.25) is 9.69 Å². The Labute approximate surface area is 126 Å². The number of amides is 1. The summed E-state index contributed by atoms with van der Waals surface area (Å²) in [6.07, 6.45) is 1.15. The highest BCUT2D eigenvalue weighted by atomic mass is 16.5. The highest BCUT2D eigenvalue weighted by Gasteiger charge is 2.25. The molecular formula is C16H25N3O2. The maximum Gasteiger partial charge on any atom is 0.259 e. The van der Waals surface area contributed by atoms with Crippen molar-refractivity contribution in [1.82, 2.24) is 9.80 Å². The number of hydrogen-bond acceptors (Lipinski definition) is 4. The second-order valence-corrected chi connectivity index (χ2v) is 5.29. The van der Waals surface area contributed by atoms with Gasteiger partial charge in [-0.15, -0.1) is 0 Å². The van der Waals surface area contributed by atoms with E-state index in [1.165, 1.54) is 0 Å². The molecule has 1 aromatic rings. The van der Waals surface area contributed by atoms with E-state index in [2.05, 4.69) is 11.8 Å². The number of rotatable bonds is 5. The van der Waals surface area contributed by atoms with Crippen molar-refractivity contribution in [3.05, 3.63) is 23.8 Å². The predicted octanol–water partition coefficient (Wildman–Crippen LogP) is 1.84. The summed E-state index contributed by atoms with van der Waals surface area (Å²) >= 11 is 0. The molecule has 0 saturated carbocycles. The number of ether oxygens (including phenoxy) is 1. The zero-order valence-corrected chi connectivity index (χ0v) is 13.0. The maximum absolute atomic E-state index is 12.7. The monoisotopic (exact) mass is 291 g/mol. The van der Waals surface area contributed by atoms with Gasteiger partial charge in [-0.2, -0.15) is 0 Å². The van der Waals surface area contributed by atoms with Gasteiger partial charge in [0.15, 0.2) is 0 Å². The normalized spacial score (nSPS) is 16.0. The third-order valence-electron chi connectivity index (χ3n) is 3.77. The van der Waals surface area contributed by atoms with Crippen LogP contribution in [0.5, 0.6) is 5.75 Å². The van der Waals surface area contributed by atoms with E-state index in [-0.39, 0.29) is 5.91 Å². The molecule has 0 bridgehead atoms. The predicted molar refractivity (Wildman–Crippen MR) is 84.7 cm³/mol. The van der Waals surface area contributed by atoms with E-state index < -0.39 is 0 Å². The van der Waals surface area contributed by atoms with Crippen LogP contribution in [0.15, 0.2) is 18.2 Å². The summed E-state index contributed by atoms with van der Waals surface area (Å²) in [5.74, 6) is 0.561. The van der Waals surface area contributed by atoms with E-state index >= 15 is 0 Å². The van der Waals surface area contributed by atoms with Gasteiger partial charge in [0.25, 0.3) is 5.91 Å². The van der Waals surface area contributed by atoms with E-state index in [1.807, 2.05) is 17.9 Å². The molecule has 5 nitrogen and oxygen atoms in total. The zero-order valence-electron chi connectivity index (χ0n) is 13.0. The molecule has 0 unspecified atom stereocenters. The van der Waals surface area contributed by atoms with Crippen molar-refractivity contribution < 1.29 is 9.53 Å². The molecule has 1 saturated heterocycles. The molecule has 0 spiro atoms. The summed E-state index contributed by atoms with van der Waals surface area (Å²) in [4.78, 5) is 17.0. The molecule has 116 valence electrons. The van der Waals surface area contributed by atoms with Crippen molar-refractivity contribution in [2.45, 2.75) is 20.3 Å². The number of nitrogens with two attached hydrogens (primary N) is 1. The third kappa shape index (κ3) is 3.67. The molecule has 1 amide bonds. The molecule has 2 rings (SSSR count). The topological polar surface area (TPSA) is 58.8 Å². The lowest BCUT2D eigenvalue weighted by Gasteiger charge is -2.35. The molecule has 21 heavy (non-hydrogen) atoms. The van der Waals surface area contributed by atoms with Crippen molar-refractivity contribution in [2.75, 3.05) is 45.1 Å². The fourth-order valence-electron chi connectivity index (χ4n) is 2.70. The zero-order chi connectivity index (χ0) is 15.2. The molecule has 0 atom stereocenters. The molecule has 0 aliphatic carbocycles. The van der Waals surface area contributed by atoms with Gasteiger partial charge in [0, 0.05) is 31.9 Å². The Morgan fingerprint density at radius 3 is 2.57 bits per heavy atom. The summed E-state index contributed by atoms with van der Waals surface area (Å²) in [5.41, 5.74) is 6.99. The van der Waals surface area contributed by atoms with Crippen LogP contribution in [0.25, 0.3) is 0 Å². The van der Waals surface area contributed by atoms with Crippen LogP contribution in [0.1, 0.15) is 30.6 Å². The lowest BCUT2D eigenvalue weighted by molar-refractivity contribution is 0.0634. The highest BCUT2D eigenvalue weighted by molar-refractivity contribution is 6.01. The standard InChI is InChI=1S/C16H25N3O2/c1-3-8-18-9-11-19(12-10-18)16(20)15-13(17)6-5-7-14(15)21-4-2/h5-7H,3-4,8-12,17H2,1-2H3. The second-order valence-electron chi connectivity index (χ2n) is 5.29. The molecular weight excluding hydrogens is 266 g/mol. The Morgan fingerprint density at radius 2 is 1.95 bits per heavy atom. The van der Waals surface area contributed by atoms with Gasteiger partial charge in [0.1, 0.15) is 11.3 Å². The van der Waals surface area contributed by atoms with Gasteiger partial charge in [0.2, 0.25) is 0 Å². The number of carbonyl (C=O) groups is 1. The minimum atomic E-state index is -0.0206. The first-order chi connectivity index (χ1) is 10.2. The molecule has 5 heteroatoms. The number of hydrogen-bond donors (Lipinski definition) is 1. The van der Waals surface area contributed by atoms with E-state index in [0.29, 0.717) is 23.6 Å². The Hall–Kier alpha value is -1.75. The summed E-state index contributed by atoms with van der Waals surface area (Å²) in [7, 11) is 0. The van der Waals surface area contributed by atoms with E-state index in [1.54, 1.807) is 12.1 Å². The molecule has 1 aliphatic rings. The Morgan fingerprint density at radius 1 is 1.24 bits per heavy atom. The third-order valence-corrected chi connectivity index (χ3v) is 3.77. The molecule has 1 aromatic carbocycles. The highest BCUT2D eigenvalue weighted by Crippen LogP contribution is 2.26. The number of piperazine rings is 1. The van der Waals surface area contributed by atoms with Crippen LogP contribution >= 0.6 is 0 Å². The lowest BCUT2D eigenvalue weighted by Crippen LogP contribution is -2.48. The molecule has 1 fully saturated rings. The minimum Gasteiger partial charge on any atom is -0.493 e. The first-order valence-corrected chi connectivity index (χ1v) is 7.70. The maximum atomic E-state index is 12.7. The summed E-state index contributed by atoms with van der Waals surface area (Å²) < 4.78 is 5.55. The Bertz CT molecular complexity index is 482. The van der Waals surface area contributed by atoms with Gasteiger partial charge < -0.3 is 15.4 Å². The van der Waals surface area contributed by atoms with Crippen LogP contribution < -0.4 is 10.5 Å². The van der Waals surface area contributed by atoms with Crippen molar-refractivity contribution >= 4 is 11.6 Å². The molecule has 1 heterocycles. The van der Waals surface area contributed by atoms with Crippen molar-refractivity contribution in [3.63, 3.8) is 0 Å². The fraction of sp³-hybridized carbons (Fsp3) is 0.562. The molecule has 2 N–H and O–H groups in total. The average molecular weight is 291 g/mol. The van der Waals surface area contributed by atoms with Crippen LogP contribution in [0.2, 0.25) is 0 Å². The minimum absolute atomic E-state index is 0.0206. The van der Waals surface area contributed by atoms with Crippen molar-refractivity contribution in [3.8, 4) is 5.75 Å². The van der Waals surface area contributed by atoms with Crippen LogP contribution in [0.3, 0.4) is 0 Å². The molecule has 1 aliphatic heterocycles. The van der Waals surface area contributed by atoms with Gasteiger partial charge >= 0.3 is 0 Å². The average Bonchev–Trinajstić information content (AvgIpc) is 2.48. The molecule has 0 aromatic heterocycles. The van der Waals surface area contributed by atoms with Crippen LogP contribution in [-0.4, -0.2) is 55.0 Å². The van der Waals surface area contributed by atoms with Gasteiger partial charge in [-0.1, -0.05) is 13.0 Å². The summed E-state index contributed by atoms with van der Waals surface area (Å²) in [5, 5.41) is 0. The Kier molecular flexibility index (Phi) is 5.44. The van der Waals surface area contributed by atoms with Crippen molar-refractivity contribution in [2.24, 2.45) is 0 Å². The van der Waals surface area contributed by atoms with E-state index in [9.17, 15) is 4.79 Å². The number of carbonyl (C=O) groups excluding carboxylic acids is 1. The smallest absolute Gasteiger partial charge is 0.259 e. The van der Waals surface area contributed by atoms with E-state index in [4.69, 9.17) is 10.5 Å².